The Hall–Kier alpha value is -0.880. The molecule has 27 heavy (non-hydrogen) atoms. The first kappa shape index (κ1) is 24.2. The van der Waals surface area contributed by atoms with Crippen molar-refractivity contribution in [2.75, 3.05) is 25.4 Å². The Bertz CT molecular complexity index is 728. The lowest BCUT2D eigenvalue weighted by Crippen LogP contribution is -2.42. The van der Waals surface area contributed by atoms with Crippen LogP contribution in [0.2, 0.25) is 0 Å². The Morgan fingerprint density at radius 2 is 2.00 bits per heavy atom. The molecule has 1 saturated carbocycles. The Morgan fingerprint density at radius 1 is 1.30 bits per heavy atom. The first-order valence-electron chi connectivity index (χ1n) is 9.31. The molecular formula is C17H33IN6O2S. The lowest BCUT2D eigenvalue weighted by atomic mass is 9.86. The Balaban J connectivity index is 0.00000364. The zero-order valence-corrected chi connectivity index (χ0v) is 19.9. The molecule has 3 N–H and O–H groups in total. The summed E-state index contributed by atoms with van der Waals surface area (Å²) >= 11 is 0. The number of nitrogens with one attached hydrogen (secondary N) is 3. The number of halogens is 1. The van der Waals surface area contributed by atoms with E-state index in [1.807, 2.05) is 32.5 Å². The summed E-state index contributed by atoms with van der Waals surface area (Å²) in [7, 11) is -1.33. The van der Waals surface area contributed by atoms with E-state index in [9.17, 15) is 8.42 Å². The van der Waals surface area contributed by atoms with Gasteiger partial charge >= 0.3 is 0 Å². The predicted molar refractivity (Wildman–Crippen MR) is 120 cm³/mol. The van der Waals surface area contributed by atoms with Gasteiger partial charge in [-0.05, 0) is 39.5 Å². The highest BCUT2D eigenvalue weighted by Gasteiger charge is 2.20. The van der Waals surface area contributed by atoms with Gasteiger partial charge in [-0.2, -0.15) is 5.10 Å². The van der Waals surface area contributed by atoms with Crippen molar-refractivity contribution in [3.05, 3.63) is 17.0 Å². The monoisotopic (exact) mass is 512 g/mol. The molecule has 1 aliphatic rings. The molecule has 0 unspecified atom stereocenters. The van der Waals surface area contributed by atoms with Crippen molar-refractivity contribution < 1.29 is 8.42 Å². The molecule has 0 atom stereocenters. The van der Waals surface area contributed by atoms with Gasteiger partial charge in [0.05, 0.1) is 18.0 Å². The smallest absolute Gasteiger partial charge is 0.213 e. The number of guanidine groups is 1. The highest BCUT2D eigenvalue weighted by molar-refractivity contribution is 14.0. The van der Waals surface area contributed by atoms with E-state index in [4.69, 9.17) is 0 Å². The molecule has 1 heterocycles. The topological polar surface area (TPSA) is 100 Å². The highest BCUT2D eigenvalue weighted by Crippen LogP contribution is 2.25. The molecule has 1 fully saturated rings. The quantitative estimate of drug-likeness (QED) is 0.264. The second kappa shape index (κ2) is 11.2. The molecule has 0 radical (unpaired) electrons. The molecule has 0 spiro atoms. The Kier molecular flexibility index (Phi) is 10.0. The maximum Gasteiger partial charge on any atom is 0.213 e. The summed E-state index contributed by atoms with van der Waals surface area (Å²) in [4.78, 5) is 4.56. The molecule has 0 bridgehead atoms. The summed E-state index contributed by atoms with van der Waals surface area (Å²) in [6, 6.07) is 0. The van der Waals surface area contributed by atoms with E-state index < -0.39 is 10.0 Å². The molecule has 156 valence electrons. The average Bonchev–Trinajstić information content (AvgIpc) is 2.76. The van der Waals surface area contributed by atoms with Crippen LogP contribution in [0, 0.1) is 19.8 Å². The van der Waals surface area contributed by atoms with E-state index in [-0.39, 0.29) is 29.7 Å². The van der Waals surface area contributed by atoms with Crippen LogP contribution in [0.15, 0.2) is 4.99 Å². The number of aromatic nitrogens is 2. The van der Waals surface area contributed by atoms with Crippen molar-refractivity contribution in [2.45, 2.75) is 46.6 Å². The van der Waals surface area contributed by atoms with Crippen LogP contribution >= 0.6 is 24.0 Å². The van der Waals surface area contributed by atoms with E-state index >= 15 is 0 Å². The maximum atomic E-state index is 12.1. The van der Waals surface area contributed by atoms with Gasteiger partial charge in [0.25, 0.3) is 0 Å². The summed E-state index contributed by atoms with van der Waals surface area (Å²) in [5.74, 6) is 1.17. The van der Waals surface area contributed by atoms with Gasteiger partial charge in [-0.25, -0.2) is 18.1 Å². The van der Waals surface area contributed by atoms with Gasteiger partial charge in [0.15, 0.2) is 5.96 Å². The lowest BCUT2D eigenvalue weighted by molar-refractivity contribution is 0.316. The van der Waals surface area contributed by atoms with E-state index in [2.05, 4.69) is 25.4 Å². The molecular weight excluding hydrogens is 479 g/mol. The van der Waals surface area contributed by atoms with E-state index in [1.165, 1.54) is 6.42 Å². The fourth-order valence-electron chi connectivity index (χ4n) is 2.86. The van der Waals surface area contributed by atoms with Crippen LogP contribution in [-0.4, -0.2) is 49.5 Å². The van der Waals surface area contributed by atoms with Gasteiger partial charge in [-0.15, -0.1) is 24.0 Å². The second-order valence-corrected chi connectivity index (χ2v) is 8.79. The molecule has 0 saturated heterocycles. The average molecular weight is 512 g/mol. The van der Waals surface area contributed by atoms with Crippen molar-refractivity contribution in [3.8, 4) is 0 Å². The molecule has 0 aromatic carbocycles. The zero-order valence-electron chi connectivity index (χ0n) is 16.7. The first-order chi connectivity index (χ1) is 12.3. The standard InChI is InChI=1S/C17H32N6O2S.HI/c1-5-18-17(20-12-16-13(2)22-23(4)14(16)3)19-9-10-26(24,25)21-11-15-7-6-8-15;/h15,21H,5-12H2,1-4H3,(H2,18,19,20);1H. The number of sulfonamides is 1. The maximum absolute atomic E-state index is 12.1. The van der Waals surface area contributed by atoms with Crippen LogP contribution in [0.4, 0.5) is 0 Å². The molecule has 0 aliphatic heterocycles. The summed E-state index contributed by atoms with van der Waals surface area (Å²) in [5.41, 5.74) is 3.15. The number of nitrogens with zero attached hydrogens (tertiary/aromatic N) is 3. The Labute approximate surface area is 180 Å². The number of aryl methyl sites for hydroxylation is 2. The van der Waals surface area contributed by atoms with Crippen LogP contribution in [0.3, 0.4) is 0 Å². The molecule has 2 rings (SSSR count). The minimum atomic E-state index is -3.25. The third-order valence-corrected chi connectivity index (χ3v) is 6.23. The summed E-state index contributed by atoms with van der Waals surface area (Å²) in [6.07, 6.45) is 3.47. The number of hydrogen-bond acceptors (Lipinski definition) is 4. The van der Waals surface area contributed by atoms with Crippen molar-refractivity contribution in [1.82, 2.24) is 25.1 Å². The van der Waals surface area contributed by atoms with E-state index in [0.29, 0.717) is 38.1 Å². The predicted octanol–water partition coefficient (Wildman–Crippen LogP) is 1.43. The van der Waals surface area contributed by atoms with Crippen LogP contribution in [-0.2, 0) is 23.6 Å². The molecule has 1 aromatic heterocycles. The summed E-state index contributed by atoms with van der Waals surface area (Å²) in [6.45, 7) is 8.07. The number of hydrogen-bond donors (Lipinski definition) is 3. The third-order valence-electron chi connectivity index (χ3n) is 4.88. The van der Waals surface area contributed by atoms with E-state index in [1.54, 1.807) is 0 Å². The first-order valence-corrected chi connectivity index (χ1v) is 11.0. The van der Waals surface area contributed by atoms with Gasteiger partial charge in [0.2, 0.25) is 10.0 Å². The van der Waals surface area contributed by atoms with Gasteiger partial charge in [0.1, 0.15) is 0 Å². The van der Waals surface area contributed by atoms with Gasteiger partial charge in [-0.3, -0.25) is 4.68 Å². The van der Waals surface area contributed by atoms with Gasteiger partial charge < -0.3 is 10.6 Å². The van der Waals surface area contributed by atoms with E-state index in [0.717, 1.165) is 29.8 Å². The SMILES string of the molecule is CCNC(=NCc1c(C)nn(C)c1C)NCCS(=O)(=O)NCC1CCC1.I. The van der Waals surface area contributed by atoms with Crippen molar-refractivity contribution >= 4 is 40.0 Å². The fraction of sp³-hybridized carbons (Fsp3) is 0.765. The molecule has 8 nitrogen and oxygen atoms in total. The third kappa shape index (κ3) is 7.57. The largest absolute Gasteiger partial charge is 0.357 e. The fourth-order valence-corrected chi connectivity index (χ4v) is 3.87. The molecule has 10 heteroatoms. The lowest BCUT2D eigenvalue weighted by Gasteiger charge is -2.25. The van der Waals surface area contributed by atoms with Crippen LogP contribution in [0.25, 0.3) is 0 Å². The molecule has 1 aromatic rings. The number of aliphatic imine (C=N–C) groups is 1. The Morgan fingerprint density at radius 3 is 2.52 bits per heavy atom. The highest BCUT2D eigenvalue weighted by atomic mass is 127. The molecule has 1 aliphatic carbocycles. The van der Waals surface area contributed by atoms with Crippen LogP contribution < -0.4 is 15.4 Å². The normalized spacial score (nSPS) is 15.2. The van der Waals surface area contributed by atoms with Crippen LogP contribution in [0.5, 0.6) is 0 Å². The minimum Gasteiger partial charge on any atom is -0.357 e. The van der Waals surface area contributed by atoms with Gasteiger partial charge in [0, 0.05) is 37.9 Å². The van der Waals surface area contributed by atoms with Gasteiger partial charge in [-0.1, -0.05) is 6.42 Å². The van der Waals surface area contributed by atoms with Crippen LogP contribution in [0.1, 0.15) is 43.1 Å². The van der Waals surface area contributed by atoms with Crippen molar-refractivity contribution in [2.24, 2.45) is 18.0 Å². The summed E-state index contributed by atoms with van der Waals surface area (Å²) in [5, 5.41) is 10.6. The minimum absolute atomic E-state index is 0. The second-order valence-electron chi connectivity index (χ2n) is 6.86. The summed E-state index contributed by atoms with van der Waals surface area (Å²) < 4.78 is 28.7. The molecule has 0 amide bonds. The number of rotatable bonds is 9. The van der Waals surface area contributed by atoms with Crippen molar-refractivity contribution in [3.63, 3.8) is 0 Å². The zero-order chi connectivity index (χ0) is 19.2. The van der Waals surface area contributed by atoms with Crippen molar-refractivity contribution in [1.29, 1.82) is 0 Å².